The van der Waals surface area contributed by atoms with Crippen LogP contribution in [0.3, 0.4) is 0 Å². The fourth-order valence-electron chi connectivity index (χ4n) is 2.43. The van der Waals surface area contributed by atoms with Gasteiger partial charge in [0, 0.05) is 11.1 Å². The van der Waals surface area contributed by atoms with E-state index in [4.69, 9.17) is 4.74 Å². The molecule has 0 unspecified atom stereocenters. The smallest absolute Gasteiger partial charge is 0.411 e. The standard InChI is InChI=1S/C18H15NO5S/c20-18(24-12-13-5-2-1-3-6-13)19-15-9-10-16-14(11-15)7-4-8-17(16)25(21,22)23/h1-11H,12H2,(H,19,20)(H,21,22,23). The number of amides is 1. The van der Waals surface area contributed by atoms with Crippen LogP contribution in [0.2, 0.25) is 0 Å². The third-order valence-corrected chi connectivity index (χ3v) is 4.49. The molecule has 3 rings (SSSR count). The highest BCUT2D eigenvalue weighted by Crippen LogP contribution is 2.25. The molecule has 0 atom stereocenters. The Morgan fingerprint density at radius 3 is 2.48 bits per heavy atom. The van der Waals surface area contributed by atoms with Gasteiger partial charge in [0.05, 0.1) is 0 Å². The van der Waals surface area contributed by atoms with Crippen molar-refractivity contribution >= 4 is 32.7 Å². The summed E-state index contributed by atoms with van der Waals surface area (Å²) in [7, 11) is -4.32. The van der Waals surface area contributed by atoms with Gasteiger partial charge in [-0.3, -0.25) is 9.87 Å². The largest absolute Gasteiger partial charge is 0.444 e. The summed E-state index contributed by atoms with van der Waals surface area (Å²) in [5.74, 6) is 0. The molecule has 0 aliphatic heterocycles. The fraction of sp³-hybridized carbons (Fsp3) is 0.0556. The van der Waals surface area contributed by atoms with Crippen LogP contribution in [0.5, 0.6) is 0 Å². The maximum Gasteiger partial charge on any atom is 0.411 e. The highest BCUT2D eigenvalue weighted by atomic mass is 32.2. The first-order valence-corrected chi connectivity index (χ1v) is 8.85. The molecule has 25 heavy (non-hydrogen) atoms. The van der Waals surface area contributed by atoms with Crippen LogP contribution in [-0.4, -0.2) is 19.1 Å². The Kier molecular flexibility index (Phi) is 4.69. The van der Waals surface area contributed by atoms with Gasteiger partial charge in [-0.2, -0.15) is 8.42 Å². The van der Waals surface area contributed by atoms with Crippen molar-refractivity contribution in [2.75, 3.05) is 5.32 Å². The number of rotatable bonds is 4. The van der Waals surface area contributed by atoms with Gasteiger partial charge < -0.3 is 4.74 Å². The van der Waals surface area contributed by atoms with Crippen LogP contribution in [0.4, 0.5) is 10.5 Å². The van der Waals surface area contributed by atoms with Gasteiger partial charge in [0.1, 0.15) is 11.5 Å². The molecule has 1 amide bonds. The molecule has 0 bridgehead atoms. The van der Waals surface area contributed by atoms with Crippen LogP contribution < -0.4 is 5.32 Å². The molecule has 0 saturated heterocycles. The van der Waals surface area contributed by atoms with Crippen molar-refractivity contribution in [1.82, 2.24) is 0 Å². The van der Waals surface area contributed by atoms with Crippen molar-refractivity contribution in [3.05, 3.63) is 72.3 Å². The number of nitrogens with one attached hydrogen (secondary N) is 1. The molecule has 3 aromatic rings. The van der Waals surface area contributed by atoms with Crippen molar-refractivity contribution in [2.24, 2.45) is 0 Å². The zero-order valence-electron chi connectivity index (χ0n) is 13.0. The molecule has 0 radical (unpaired) electrons. The zero-order valence-corrected chi connectivity index (χ0v) is 13.9. The Morgan fingerprint density at radius 2 is 1.76 bits per heavy atom. The van der Waals surface area contributed by atoms with Crippen LogP contribution in [0, 0.1) is 0 Å². The second kappa shape index (κ2) is 6.92. The number of hydrogen-bond acceptors (Lipinski definition) is 4. The molecule has 6 nitrogen and oxygen atoms in total. The highest BCUT2D eigenvalue weighted by molar-refractivity contribution is 7.86. The normalized spacial score (nSPS) is 11.2. The molecular formula is C18H15NO5S. The van der Waals surface area contributed by atoms with E-state index in [1.54, 1.807) is 18.2 Å². The summed E-state index contributed by atoms with van der Waals surface area (Å²) in [5, 5.41) is 3.52. The Morgan fingerprint density at radius 1 is 1.00 bits per heavy atom. The molecule has 0 aliphatic carbocycles. The first-order chi connectivity index (χ1) is 11.9. The molecule has 2 N–H and O–H groups in total. The molecule has 3 aromatic carbocycles. The Hall–Kier alpha value is -2.90. The number of carbonyl (C=O) groups excluding carboxylic acids is 1. The summed E-state index contributed by atoms with van der Waals surface area (Å²) in [4.78, 5) is 11.7. The van der Waals surface area contributed by atoms with Crippen LogP contribution in [0.15, 0.2) is 71.6 Å². The number of hydrogen-bond donors (Lipinski definition) is 2. The van der Waals surface area contributed by atoms with Gasteiger partial charge in [-0.15, -0.1) is 0 Å². The molecule has 0 fully saturated rings. The van der Waals surface area contributed by atoms with Gasteiger partial charge in [0.25, 0.3) is 10.1 Å². The molecule has 128 valence electrons. The average molecular weight is 357 g/mol. The Bertz CT molecular complexity index is 1020. The van der Waals surface area contributed by atoms with Gasteiger partial charge in [-0.05, 0) is 29.1 Å². The van der Waals surface area contributed by atoms with E-state index in [2.05, 4.69) is 5.32 Å². The van der Waals surface area contributed by atoms with Gasteiger partial charge in [0.15, 0.2) is 0 Å². The number of anilines is 1. The van der Waals surface area contributed by atoms with E-state index in [-0.39, 0.29) is 11.5 Å². The topological polar surface area (TPSA) is 92.7 Å². The lowest BCUT2D eigenvalue weighted by atomic mass is 10.1. The highest BCUT2D eigenvalue weighted by Gasteiger charge is 2.14. The molecule has 0 saturated carbocycles. The summed E-state index contributed by atoms with van der Waals surface area (Å²) >= 11 is 0. The molecule has 0 heterocycles. The minimum absolute atomic E-state index is 0.146. The maximum absolute atomic E-state index is 11.9. The van der Waals surface area contributed by atoms with E-state index >= 15 is 0 Å². The lowest BCUT2D eigenvalue weighted by molar-refractivity contribution is 0.155. The zero-order chi connectivity index (χ0) is 17.9. The third-order valence-electron chi connectivity index (χ3n) is 3.58. The lowest BCUT2D eigenvalue weighted by Gasteiger charge is -2.09. The molecule has 0 aliphatic rings. The first-order valence-electron chi connectivity index (χ1n) is 7.41. The van der Waals surface area contributed by atoms with E-state index in [9.17, 15) is 17.8 Å². The fourth-order valence-corrected chi connectivity index (χ4v) is 3.15. The van der Waals surface area contributed by atoms with E-state index < -0.39 is 16.2 Å². The third kappa shape index (κ3) is 4.14. The Labute approximate surface area is 144 Å². The monoisotopic (exact) mass is 357 g/mol. The van der Waals surface area contributed by atoms with Gasteiger partial charge in [-0.1, -0.05) is 48.5 Å². The van der Waals surface area contributed by atoms with Crippen LogP contribution in [-0.2, 0) is 21.5 Å². The number of benzene rings is 3. The van der Waals surface area contributed by atoms with Crippen LogP contribution >= 0.6 is 0 Å². The predicted octanol–water partition coefficient (Wildman–Crippen LogP) is 3.84. The number of fused-ring (bicyclic) bond motifs is 1. The molecule has 7 heteroatoms. The second-order valence-electron chi connectivity index (χ2n) is 5.35. The van der Waals surface area contributed by atoms with Crippen molar-refractivity contribution in [1.29, 1.82) is 0 Å². The van der Waals surface area contributed by atoms with Crippen molar-refractivity contribution < 1.29 is 22.5 Å². The number of carbonyl (C=O) groups is 1. The van der Waals surface area contributed by atoms with Crippen LogP contribution in [0.1, 0.15) is 5.56 Å². The van der Waals surface area contributed by atoms with E-state index in [0.29, 0.717) is 16.5 Å². The lowest BCUT2D eigenvalue weighted by Crippen LogP contribution is -2.13. The summed E-state index contributed by atoms with van der Waals surface area (Å²) in [6.45, 7) is 0.146. The van der Waals surface area contributed by atoms with Gasteiger partial charge in [0.2, 0.25) is 0 Å². The SMILES string of the molecule is O=C(Nc1ccc2c(S(=O)(=O)O)cccc2c1)OCc1ccccc1. The van der Waals surface area contributed by atoms with E-state index in [1.807, 2.05) is 30.3 Å². The van der Waals surface area contributed by atoms with Crippen molar-refractivity contribution in [3.63, 3.8) is 0 Å². The Balaban J connectivity index is 1.75. The second-order valence-corrected chi connectivity index (χ2v) is 6.74. The van der Waals surface area contributed by atoms with Gasteiger partial charge in [-0.25, -0.2) is 4.79 Å². The summed E-state index contributed by atoms with van der Waals surface area (Å²) in [5.41, 5.74) is 1.33. The summed E-state index contributed by atoms with van der Waals surface area (Å²) < 4.78 is 37.2. The van der Waals surface area contributed by atoms with Gasteiger partial charge >= 0.3 is 6.09 Å². The minimum atomic E-state index is -4.32. The molecule has 0 spiro atoms. The quantitative estimate of drug-likeness (QED) is 0.692. The maximum atomic E-state index is 11.9. The minimum Gasteiger partial charge on any atom is -0.444 e. The first kappa shape index (κ1) is 16.9. The molecule has 0 aromatic heterocycles. The van der Waals surface area contributed by atoms with Crippen molar-refractivity contribution in [2.45, 2.75) is 11.5 Å². The summed E-state index contributed by atoms with van der Waals surface area (Å²) in [6, 6.07) is 18.5. The predicted molar refractivity (Wildman–Crippen MR) is 94.0 cm³/mol. The number of ether oxygens (including phenoxy) is 1. The molecular weight excluding hydrogens is 342 g/mol. The van der Waals surface area contributed by atoms with Crippen LogP contribution in [0.25, 0.3) is 10.8 Å². The van der Waals surface area contributed by atoms with E-state index in [1.165, 1.54) is 18.2 Å². The average Bonchev–Trinajstić information content (AvgIpc) is 2.59. The van der Waals surface area contributed by atoms with Crippen molar-refractivity contribution in [3.8, 4) is 0 Å². The van der Waals surface area contributed by atoms with E-state index in [0.717, 1.165) is 5.56 Å². The summed E-state index contributed by atoms with van der Waals surface area (Å²) in [6.07, 6.45) is -0.617.